The van der Waals surface area contributed by atoms with Gasteiger partial charge < -0.3 is 21.1 Å². The van der Waals surface area contributed by atoms with Crippen LogP contribution in [0, 0.1) is 5.92 Å². The van der Waals surface area contributed by atoms with Gasteiger partial charge in [-0.1, -0.05) is 13.3 Å². The standard InChI is InChI=1S/C14H24N4O3/c1-2-10(5-6-15)3-4-13(19)18-12(14(20)21)7-11-8-16-9-17-11/h8-10,12H,2-7,15H2,1H3,(H,16,17)(H,18,19)(H,20,21)/t10?,12-/m0/s1. The number of amides is 1. The molecule has 0 bridgehead atoms. The van der Waals surface area contributed by atoms with Crippen LogP contribution in [0.5, 0.6) is 0 Å². The lowest BCUT2D eigenvalue weighted by Crippen LogP contribution is -2.42. The van der Waals surface area contributed by atoms with E-state index in [1.807, 2.05) is 0 Å². The van der Waals surface area contributed by atoms with Crippen molar-refractivity contribution in [3.05, 3.63) is 18.2 Å². The number of aliphatic carboxylic acids is 1. The Morgan fingerprint density at radius 3 is 2.76 bits per heavy atom. The van der Waals surface area contributed by atoms with Crippen molar-refractivity contribution >= 4 is 11.9 Å². The fraction of sp³-hybridized carbons (Fsp3) is 0.643. The van der Waals surface area contributed by atoms with Gasteiger partial charge in [0.25, 0.3) is 0 Å². The molecule has 0 aliphatic carbocycles. The van der Waals surface area contributed by atoms with E-state index in [0.29, 0.717) is 24.6 Å². The zero-order valence-corrected chi connectivity index (χ0v) is 12.3. The molecule has 1 aromatic heterocycles. The van der Waals surface area contributed by atoms with Crippen LogP contribution < -0.4 is 11.1 Å². The Labute approximate surface area is 124 Å². The third-order valence-electron chi connectivity index (χ3n) is 3.54. The Balaban J connectivity index is 2.43. The first kappa shape index (κ1) is 17.2. The van der Waals surface area contributed by atoms with Crippen LogP contribution in [0.3, 0.4) is 0 Å². The van der Waals surface area contributed by atoms with Crippen molar-refractivity contribution in [2.75, 3.05) is 6.54 Å². The molecule has 1 aromatic rings. The van der Waals surface area contributed by atoms with Crippen LogP contribution in [0.1, 0.15) is 38.3 Å². The quantitative estimate of drug-likeness (QED) is 0.506. The first-order valence-corrected chi connectivity index (χ1v) is 7.26. The third kappa shape index (κ3) is 6.40. The molecule has 0 aliphatic rings. The lowest BCUT2D eigenvalue weighted by Gasteiger charge is -2.16. The normalized spacial score (nSPS) is 13.6. The number of hydrogen-bond acceptors (Lipinski definition) is 4. The summed E-state index contributed by atoms with van der Waals surface area (Å²) in [4.78, 5) is 29.7. The van der Waals surface area contributed by atoms with E-state index in [1.165, 1.54) is 6.33 Å². The van der Waals surface area contributed by atoms with E-state index in [4.69, 9.17) is 10.8 Å². The molecule has 2 atom stereocenters. The van der Waals surface area contributed by atoms with Gasteiger partial charge in [-0.3, -0.25) is 4.79 Å². The second-order valence-electron chi connectivity index (χ2n) is 5.13. The summed E-state index contributed by atoms with van der Waals surface area (Å²) in [5, 5.41) is 11.7. The lowest BCUT2D eigenvalue weighted by molar-refractivity contribution is -0.141. The van der Waals surface area contributed by atoms with Crippen LogP contribution in [-0.2, 0) is 16.0 Å². The second kappa shape index (κ2) is 9.12. The number of aromatic nitrogens is 2. The summed E-state index contributed by atoms with van der Waals surface area (Å²) in [6.07, 6.45) is 6.15. The number of hydrogen-bond donors (Lipinski definition) is 4. The molecular weight excluding hydrogens is 272 g/mol. The van der Waals surface area contributed by atoms with Crippen LogP contribution >= 0.6 is 0 Å². The first-order chi connectivity index (χ1) is 10.1. The van der Waals surface area contributed by atoms with Gasteiger partial charge >= 0.3 is 5.97 Å². The summed E-state index contributed by atoms with van der Waals surface area (Å²) in [7, 11) is 0. The Morgan fingerprint density at radius 1 is 1.48 bits per heavy atom. The molecule has 7 heteroatoms. The molecule has 0 fully saturated rings. The van der Waals surface area contributed by atoms with Gasteiger partial charge in [-0.15, -0.1) is 0 Å². The van der Waals surface area contributed by atoms with Crippen molar-refractivity contribution in [2.45, 2.75) is 45.1 Å². The monoisotopic (exact) mass is 296 g/mol. The number of rotatable bonds is 10. The number of nitrogens with two attached hydrogens (primary N) is 1. The van der Waals surface area contributed by atoms with Crippen LogP contribution in [-0.4, -0.2) is 39.5 Å². The predicted molar refractivity (Wildman–Crippen MR) is 78.5 cm³/mol. The van der Waals surface area contributed by atoms with Crippen molar-refractivity contribution in [1.29, 1.82) is 0 Å². The molecule has 7 nitrogen and oxygen atoms in total. The number of nitrogens with one attached hydrogen (secondary N) is 2. The number of carboxylic acid groups (broad SMARTS) is 1. The maximum absolute atomic E-state index is 11.9. The summed E-state index contributed by atoms with van der Waals surface area (Å²) in [5.74, 6) is -0.874. The van der Waals surface area contributed by atoms with Gasteiger partial charge in [-0.05, 0) is 25.3 Å². The Hall–Kier alpha value is -1.89. The molecule has 0 radical (unpaired) electrons. The molecule has 118 valence electrons. The fourth-order valence-electron chi connectivity index (χ4n) is 2.21. The van der Waals surface area contributed by atoms with E-state index < -0.39 is 12.0 Å². The van der Waals surface area contributed by atoms with Crippen molar-refractivity contribution in [1.82, 2.24) is 15.3 Å². The average Bonchev–Trinajstić information content (AvgIpc) is 2.95. The molecule has 1 unspecified atom stereocenters. The third-order valence-corrected chi connectivity index (χ3v) is 3.54. The molecule has 0 aromatic carbocycles. The van der Waals surface area contributed by atoms with E-state index in [1.54, 1.807) is 6.20 Å². The Morgan fingerprint density at radius 2 is 2.24 bits per heavy atom. The molecule has 21 heavy (non-hydrogen) atoms. The van der Waals surface area contributed by atoms with Crippen molar-refractivity contribution in [3.8, 4) is 0 Å². The van der Waals surface area contributed by atoms with Crippen molar-refractivity contribution in [2.24, 2.45) is 11.7 Å². The van der Waals surface area contributed by atoms with Crippen LogP contribution in [0.25, 0.3) is 0 Å². The topological polar surface area (TPSA) is 121 Å². The van der Waals surface area contributed by atoms with E-state index >= 15 is 0 Å². The minimum Gasteiger partial charge on any atom is -0.480 e. The molecule has 5 N–H and O–H groups in total. The number of aromatic amines is 1. The maximum Gasteiger partial charge on any atom is 0.326 e. The maximum atomic E-state index is 11.9. The van der Waals surface area contributed by atoms with Crippen LogP contribution in [0.2, 0.25) is 0 Å². The van der Waals surface area contributed by atoms with Gasteiger partial charge in [0.2, 0.25) is 5.91 Å². The summed E-state index contributed by atoms with van der Waals surface area (Å²) in [6.45, 7) is 2.67. The number of carboxylic acids is 1. The number of carbonyl (C=O) groups excluding carboxylic acids is 1. The molecule has 0 saturated heterocycles. The number of carbonyl (C=O) groups is 2. The van der Waals surface area contributed by atoms with Gasteiger partial charge in [0.1, 0.15) is 6.04 Å². The summed E-state index contributed by atoms with van der Waals surface area (Å²) in [5.41, 5.74) is 6.20. The highest BCUT2D eigenvalue weighted by atomic mass is 16.4. The van der Waals surface area contributed by atoms with Gasteiger partial charge in [-0.2, -0.15) is 0 Å². The Kier molecular flexibility index (Phi) is 7.45. The summed E-state index contributed by atoms with van der Waals surface area (Å²) < 4.78 is 0. The predicted octanol–water partition coefficient (Wildman–Crippen LogP) is 0.677. The molecular formula is C14H24N4O3. The highest BCUT2D eigenvalue weighted by Gasteiger charge is 2.21. The zero-order chi connectivity index (χ0) is 15.7. The minimum atomic E-state index is -1.05. The number of H-pyrrole nitrogens is 1. The van der Waals surface area contributed by atoms with E-state index in [9.17, 15) is 9.59 Å². The van der Waals surface area contributed by atoms with Crippen LogP contribution in [0.15, 0.2) is 12.5 Å². The van der Waals surface area contributed by atoms with Gasteiger partial charge in [-0.25, -0.2) is 9.78 Å². The molecule has 0 saturated carbocycles. The fourth-order valence-corrected chi connectivity index (χ4v) is 2.21. The van der Waals surface area contributed by atoms with E-state index in [0.717, 1.165) is 19.3 Å². The van der Waals surface area contributed by atoms with Crippen molar-refractivity contribution < 1.29 is 14.7 Å². The smallest absolute Gasteiger partial charge is 0.326 e. The molecule has 1 heterocycles. The summed E-state index contributed by atoms with van der Waals surface area (Å²) in [6, 6.07) is -0.937. The van der Waals surface area contributed by atoms with Gasteiger partial charge in [0.05, 0.1) is 6.33 Å². The average molecular weight is 296 g/mol. The zero-order valence-electron chi connectivity index (χ0n) is 12.3. The van der Waals surface area contributed by atoms with E-state index in [-0.39, 0.29) is 12.3 Å². The highest BCUT2D eigenvalue weighted by Crippen LogP contribution is 2.14. The number of nitrogens with zero attached hydrogens (tertiary/aromatic N) is 1. The second-order valence-corrected chi connectivity index (χ2v) is 5.13. The minimum absolute atomic E-state index is 0.196. The SMILES string of the molecule is CCC(CCN)CCC(=O)N[C@@H](Cc1cnc[nH]1)C(=O)O. The molecule has 0 aliphatic heterocycles. The Bertz CT molecular complexity index is 433. The molecule has 1 rings (SSSR count). The molecule has 0 spiro atoms. The number of imidazole rings is 1. The van der Waals surface area contributed by atoms with E-state index in [2.05, 4.69) is 22.2 Å². The largest absolute Gasteiger partial charge is 0.480 e. The highest BCUT2D eigenvalue weighted by molar-refractivity contribution is 5.83. The lowest BCUT2D eigenvalue weighted by atomic mass is 9.96. The van der Waals surface area contributed by atoms with Gasteiger partial charge in [0, 0.05) is 24.7 Å². The van der Waals surface area contributed by atoms with Crippen LogP contribution in [0.4, 0.5) is 0 Å². The summed E-state index contributed by atoms with van der Waals surface area (Å²) >= 11 is 0. The van der Waals surface area contributed by atoms with Gasteiger partial charge in [0.15, 0.2) is 0 Å². The van der Waals surface area contributed by atoms with Crippen molar-refractivity contribution in [3.63, 3.8) is 0 Å². The molecule has 1 amide bonds. The first-order valence-electron chi connectivity index (χ1n) is 7.26.